The molecule has 0 saturated heterocycles. The Labute approximate surface area is 152 Å². The highest BCUT2D eigenvalue weighted by atomic mass is 16.7. The van der Waals surface area contributed by atoms with Gasteiger partial charge in [-0.25, -0.2) is 5.43 Å². The van der Waals surface area contributed by atoms with Crippen molar-refractivity contribution in [1.29, 1.82) is 0 Å². The van der Waals surface area contributed by atoms with E-state index in [1.807, 2.05) is 56.3 Å². The van der Waals surface area contributed by atoms with E-state index in [4.69, 9.17) is 9.47 Å². The number of carbonyl (C=O) groups excluding carboxylic acids is 1. The number of para-hydroxylation sites is 1. The third-order valence-electron chi connectivity index (χ3n) is 3.94. The van der Waals surface area contributed by atoms with Crippen molar-refractivity contribution in [3.8, 4) is 11.5 Å². The summed E-state index contributed by atoms with van der Waals surface area (Å²) in [6.45, 7) is 4.43. The Hall–Kier alpha value is -3.28. The molecule has 134 valence electrons. The number of rotatable bonds is 6. The quantitative estimate of drug-likeness (QED) is 0.619. The van der Waals surface area contributed by atoms with Gasteiger partial charge in [0.2, 0.25) is 6.79 Å². The SMILES string of the molecule is Cc1cccc(C)c1NCC(=O)NN=CC=Cc1ccc2c(c1)OCO2. The van der Waals surface area contributed by atoms with E-state index in [0.29, 0.717) is 0 Å². The van der Waals surface area contributed by atoms with Gasteiger partial charge in [-0.3, -0.25) is 4.79 Å². The van der Waals surface area contributed by atoms with Crippen LogP contribution in [-0.2, 0) is 4.79 Å². The molecule has 2 aromatic carbocycles. The van der Waals surface area contributed by atoms with Gasteiger partial charge >= 0.3 is 0 Å². The van der Waals surface area contributed by atoms with Crippen molar-refractivity contribution in [3.05, 3.63) is 59.2 Å². The second-order valence-electron chi connectivity index (χ2n) is 5.91. The Morgan fingerprint density at radius 1 is 1.15 bits per heavy atom. The minimum absolute atomic E-state index is 0.162. The number of hydrazone groups is 1. The van der Waals surface area contributed by atoms with Crippen LogP contribution in [0.3, 0.4) is 0 Å². The van der Waals surface area contributed by atoms with Crippen molar-refractivity contribution in [2.24, 2.45) is 5.10 Å². The smallest absolute Gasteiger partial charge is 0.259 e. The minimum atomic E-state index is -0.208. The molecule has 3 rings (SSSR count). The first-order chi connectivity index (χ1) is 12.6. The number of fused-ring (bicyclic) bond motifs is 1. The molecule has 1 aliphatic heterocycles. The maximum Gasteiger partial charge on any atom is 0.259 e. The Bertz CT molecular complexity index is 839. The van der Waals surface area contributed by atoms with Gasteiger partial charge in [-0.05, 0) is 48.7 Å². The van der Waals surface area contributed by atoms with Gasteiger partial charge in [-0.1, -0.05) is 30.3 Å². The summed E-state index contributed by atoms with van der Waals surface area (Å²) < 4.78 is 10.6. The molecule has 0 atom stereocenters. The molecule has 0 fully saturated rings. The van der Waals surface area contributed by atoms with Crippen LogP contribution in [-0.4, -0.2) is 25.5 Å². The Morgan fingerprint density at radius 2 is 1.92 bits per heavy atom. The molecule has 0 radical (unpaired) electrons. The minimum Gasteiger partial charge on any atom is -0.454 e. The first-order valence-corrected chi connectivity index (χ1v) is 8.32. The van der Waals surface area contributed by atoms with Crippen LogP contribution in [0.15, 0.2) is 47.6 Å². The zero-order valence-electron chi connectivity index (χ0n) is 14.8. The van der Waals surface area contributed by atoms with Crippen LogP contribution >= 0.6 is 0 Å². The van der Waals surface area contributed by atoms with Gasteiger partial charge in [0, 0.05) is 11.9 Å². The molecular weight excluding hydrogens is 330 g/mol. The number of benzene rings is 2. The summed E-state index contributed by atoms with van der Waals surface area (Å²) >= 11 is 0. The molecule has 26 heavy (non-hydrogen) atoms. The summed E-state index contributed by atoms with van der Waals surface area (Å²) in [6, 6.07) is 11.7. The molecule has 0 aliphatic carbocycles. The molecule has 2 aromatic rings. The predicted octanol–water partition coefficient (Wildman–Crippen LogP) is 3.26. The maximum absolute atomic E-state index is 11.9. The summed E-state index contributed by atoms with van der Waals surface area (Å²) in [6.07, 6.45) is 5.14. The first-order valence-electron chi connectivity index (χ1n) is 8.32. The molecule has 0 saturated carbocycles. The zero-order valence-corrected chi connectivity index (χ0v) is 14.8. The molecule has 6 heteroatoms. The summed E-state index contributed by atoms with van der Waals surface area (Å²) in [4.78, 5) is 11.9. The number of hydrogen-bond acceptors (Lipinski definition) is 5. The standard InChI is InChI=1S/C20H21N3O3/c1-14-5-3-6-15(2)20(14)21-12-19(24)23-22-10-4-7-16-8-9-17-18(11-16)26-13-25-17/h3-11,21H,12-13H2,1-2H3,(H,23,24). The number of aryl methyl sites for hydroxylation is 2. The fourth-order valence-electron chi connectivity index (χ4n) is 2.62. The second kappa shape index (κ2) is 8.20. The highest BCUT2D eigenvalue weighted by Crippen LogP contribution is 2.32. The van der Waals surface area contributed by atoms with Crippen molar-refractivity contribution in [1.82, 2.24) is 5.43 Å². The largest absolute Gasteiger partial charge is 0.454 e. The number of amides is 1. The zero-order chi connectivity index (χ0) is 18.4. The van der Waals surface area contributed by atoms with E-state index in [0.717, 1.165) is 33.9 Å². The van der Waals surface area contributed by atoms with Crippen LogP contribution in [0.2, 0.25) is 0 Å². The van der Waals surface area contributed by atoms with Crippen LogP contribution in [0.5, 0.6) is 11.5 Å². The molecule has 0 spiro atoms. The number of hydrogen-bond donors (Lipinski definition) is 2. The number of nitrogens with zero attached hydrogens (tertiary/aromatic N) is 1. The number of carbonyl (C=O) groups is 1. The normalized spacial score (nSPS) is 12.7. The van der Waals surface area contributed by atoms with E-state index in [9.17, 15) is 4.79 Å². The molecule has 1 heterocycles. The van der Waals surface area contributed by atoms with Crippen LogP contribution in [0.1, 0.15) is 16.7 Å². The third kappa shape index (κ3) is 4.42. The molecular formula is C20H21N3O3. The highest BCUT2D eigenvalue weighted by Gasteiger charge is 2.11. The predicted molar refractivity (Wildman–Crippen MR) is 103 cm³/mol. The van der Waals surface area contributed by atoms with Crippen molar-refractivity contribution in [2.75, 3.05) is 18.7 Å². The highest BCUT2D eigenvalue weighted by molar-refractivity contribution is 5.84. The lowest BCUT2D eigenvalue weighted by Gasteiger charge is -2.11. The topological polar surface area (TPSA) is 72.0 Å². The lowest BCUT2D eigenvalue weighted by molar-refractivity contribution is -0.119. The van der Waals surface area contributed by atoms with Crippen molar-refractivity contribution >= 4 is 23.9 Å². The fourth-order valence-corrected chi connectivity index (χ4v) is 2.62. The Kier molecular flexibility index (Phi) is 5.53. The van der Waals surface area contributed by atoms with Crippen LogP contribution in [0.4, 0.5) is 5.69 Å². The van der Waals surface area contributed by atoms with E-state index in [1.165, 1.54) is 6.21 Å². The van der Waals surface area contributed by atoms with Gasteiger partial charge in [0.25, 0.3) is 5.91 Å². The van der Waals surface area contributed by atoms with Crippen molar-refractivity contribution < 1.29 is 14.3 Å². The Balaban J connectivity index is 1.45. The maximum atomic E-state index is 11.9. The summed E-state index contributed by atoms with van der Waals surface area (Å²) in [5.41, 5.74) is 6.64. The van der Waals surface area contributed by atoms with E-state index in [1.54, 1.807) is 6.08 Å². The molecule has 6 nitrogen and oxygen atoms in total. The van der Waals surface area contributed by atoms with E-state index < -0.39 is 0 Å². The Morgan fingerprint density at radius 3 is 2.73 bits per heavy atom. The number of ether oxygens (including phenoxy) is 2. The fraction of sp³-hybridized carbons (Fsp3) is 0.200. The number of nitrogens with one attached hydrogen (secondary N) is 2. The van der Waals surface area contributed by atoms with Gasteiger partial charge < -0.3 is 14.8 Å². The summed E-state index contributed by atoms with van der Waals surface area (Å²) in [5, 5.41) is 7.05. The van der Waals surface area contributed by atoms with E-state index in [2.05, 4.69) is 15.8 Å². The van der Waals surface area contributed by atoms with Gasteiger partial charge in [-0.2, -0.15) is 5.10 Å². The molecule has 0 bridgehead atoms. The molecule has 1 amide bonds. The average Bonchev–Trinajstić information content (AvgIpc) is 3.09. The lowest BCUT2D eigenvalue weighted by Crippen LogP contribution is -2.26. The molecule has 0 unspecified atom stereocenters. The number of allylic oxidation sites excluding steroid dienone is 1. The van der Waals surface area contributed by atoms with Crippen LogP contribution in [0.25, 0.3) is 6.08 Å². The second-order valence-corrected chi connectivity index (χ2v) is 5.91. The molecule has 2 N–H and O–H groups in total. The van der Waals surface area contributed by atoms with Gasteiger partial charge in [0.1, 0.15) is 0 Å². The lowest BCUT2D eigenvalue weighted by atomic mass is 10.1. The monoisotopic (exact) mass is 351 g/mol. The van der Waals surface area contributed by atoms with E-state index in [-0.39, 0.29) is 19.2 Å². The first kappa shape index (κ1) is 17.5. The van der Waals surface area contributed by atoms with Crippen molar-refractivity contribution in [2.45, 2.75) is 13.8 Å². The van der Waals surface area contributed by atoms with Gasteiger partial charge in [0.05, 0.1) is 6.54 Å². The van der Waals surface area contributed by atoms with Gasteiger partial charge in [-0.15, -0.1) is 0 Å². The number of anilines is 1. The van der Waals surface area contributed by atoms with E-state index >= 15 is 0 Å². The van der Waals surface area contributed by atoms with Crippen LogP contribution < -0.4 is 20.2 Å². The van der Waals surface area contributed by atoms with Crippen LogP contribution in [0, 0.1) is 13.8 Å². The summed E-state index contributed by atoms with van der Waals surface area (Å²) in [7, 11) is 0. The summed E-state index contributed by atoms with van der Waals surface area (Å²) in [5.74, 6) is 1.27. The molecule has 1 aliphatic rings. The molecule has 0 aromatic heterocycles. The van der Waals surface area contributed by atoms with Gasteiger partial charge in [0.15, 0.2) is 11.5 Å². The average molecular weight is 351 g/mol. The van der Waals surface area contributed by atoms with Crippen molar-refractivity contribution in [3.63, 3.8) is 0 Å². The third-order valence-corrected chi connectivity index (χ3v) is 3.94.